The molecule has 0 spiro atoms. The molecule has 0 saturated heterocycles. The van der Waals surface area contributed by atoms with Crippen molar-refractivity contribution < 1.29 is 4.74 Å². The lowest BCUT2D eigenvalue weighted by Gasteiger charge is -2.12. The smallest absolute Gasteiger partial charge is 0.258 e. The number of benzene rings is 2. The van der Waals surface area contributed by atoms with Crippen LogP contribution in [0.3, 0.4) is 0 Å². The highest BCUT2D eigenvalue weighted by atomic mass is 35.5. The van der Waals surface area contributed by atoms with Crippen molar-refractivity contribution in [2.45, 2.75) is 17.8 Å². The molecule has 0 N–H and O–H groups in total. The maximum Gasteiger partial charge on any atom is 0.258 e. The number of rotatable bonds is 7. The van der Waals surface area contributed by atoms with Crippen molar-refractivity contribution >= 4 is 39.7 Å². The molecule has 0 saturated carbocycles. The number of halogens is 1. The van der Waals surface area contributed by atoms with Crippen LogP contribution in [0.2, 0.25) is 5.02 Å². The summed E-state index contributed by atoms with van der Waals surface area (Å²) in [6, 6.07) is 16.8. The molecule has 0 aliphatic carbocycles. The molecule has 3 heterocycles. The first-order valence-corrected chi connectivity index (χ1v) is 12.4. The third-order valence-electron chi connectivity index (χ3n) is 4.86. The van der Waals surface area contributed by atoms with Gasteiger partial charge in [-0.3, -0.25) is 13.8 Å². The maximum absolute atomic E-state index is 12.3. The predicted octanol–water partition coefficient (Wildman–Crippen LogP) is 5.35. The predicted molar refractivity (Wildman–Crippen MR) is 132 cm³/mol. The number of hydrogen-bond acceptors (Lipinski definition) is 7. The monoisotopic (exact) mass is 495 g/mol. The number of hydrogen-bond donors (Lipinski definition) is 0. The molecular formula is C23H18ClN5O2S2. The van der Waals surface area contributed by atoms with Crippen LogP contribution in [0, 0.1) is 0 Å². The number of aromatic nitrogens is 5. The van der Waals surface area contributed by atoms with Gasteiger partial charge in [-0.05, 0) is 43.3 Å². The Labute approximate surface area is 202 Å². The highest BCUT2D eigenvalue weighted by Gasteiger charge is 2.18. The van der Waals surface area contributed by atoms with Gasteiger partial charge in [0.05, 0.1) is 17.3 Å². The first kappa shape index (κ1) is 21.7. The summed E-state index contributed by atoms with van der Waals surface area (Å²) in [4.78, 5) is 17.6. The van der Waals surface area contributed by atoms with Gasteiger partial charge in [-0.2, -0.15) is 0 Å². The highest BCUT2D eigenvalue weighted by molar-refractivity contribution is 7.98. The van der Waals surface area contributed by atoms with E-state index in [0.717, 1.165) is 17.0 Å². The Morgan fingerprint density at radius 3 is 2.73 bits per heavy atom. The number of nitrogens with zero attached hydrogens (tertiary/aromatic N) is 5. The van der Waals surface area contributed by atoms with Gasteiger partial charge in [0, 0.05) is 34.6 Å². The third-order valence-corrected chi connectivity index (χ3v) is 6.91. The number of ether oxygens (including phenoxy) is 1. The Balaban J connectivity index is 1.53. The van der Waals surface area contributed by atoms with Crippen LogP contribution in [0.1, 0.15) is 12.6 Å². The molecule has 33 heavy (non-hydrogen) atoms. The van der Waals surface area contributed by atoms with Crippen LogP contribution < -0.4 is 10.3 Å². The molecule has 0 radical (unpaired) electrons. The van der Waals surface area contributed by atoms with Crippen molar-refractivity contribution in [1.82, 2.24) is 24.1 Å². The Morgan fingerprint density at radius 2 is 1.94 bits per heavy atom. The molecule has 0 aliphatic heterocycles. The fourth-order valence-electron chi connectivity index (χ4n) is 3.37. The average molecular weight is 496 g/mol. The lowest BCUT2D eigenvalue weighted by Crippen LogP contribution is -2.12. The Morgan fingerprint density at radius 1 is 1.12 bits per heavy atom. The van der Waals surface area contributed by atoms with Crippen LogP contribution >= 0.6 is 34.7 Å². The zero-order valence-corrected chi connectivity index (χ0v) is 19.9. The van der Waals surface area contributed by atoms with Crippen molar-refractivity contribution in [3.8, 4) is 22.8 Å². The van der Waals surface area contributed by atoms with E-state index in [-0.39, 0.29) is 5.56 Å². The molecule has 0 unspecified atom stereocenters. The summed E-state index contributed by atoms with van der Waals surface area (Å²) >= 11 is 9.36. The molecule has 10 heteroatoms. The van der Waals surface area contributed by atoms with E-state index in [1.807, 2.05) is 65.4 Å². The number of thioether (sulfide) groups is 1. The Bertz CT molecular complexity index is 1480. The standard InChI is InChI=1S/C23H18ClN5O2S2/c1-2-31-17-9-7-16(8-10-17)29-21(18-5-3-4-6-19(18)24)26-27-23(29)33-14-15-13-20(30)28-11-12-32-22(28)25-15/h3-13H,2,14H2,1H3. The molecule has 0 fully saturated rings. The molecule has 5 aromatic rings. The van der Waals surface area contributed by atoms with Gasteiger partial charge in [-0.25, -0.2) is 4.98 Å². The Hall–Kier alpha value is -3.14. The van der Waals surface area contributed by atoms with Gasteiger partial charge < -0.3 is 4.74 Å². The van der Waals surface area contributed by atoms with Gasteiger partial charge in [0.1, 0.15) is 5.75 Å². The molecular weight excluding hydrogens is 478 g/mol. The molecule has 166 valence electrons. The molecule has 0 atom stereocenters. The second-order valence-corrected chi connectivity index (χ2v) is 9.20. The van der Waals surface area contributed by atoms with Gasteiger partial charge in [-0.1, -0.05) is 35.5 Å². The van der Waals surface area contributed by atoms with Gasteiger partial charge >= 0.3 is 0 Å². The maximum atomic E-state index is 12.3. The average Bonchev–Trinajstić information content (AvgIpc) is 3.46. The van der Waals surface area contributed by atoms with E-state index in [1.54, 1.807) is 12.3 Å². The summed E-state index contributed by atoms with van der Waals surface area (Å²) in [6.45, 7) is 2.55. The lowest BCUT2D eigenvalue weighted by atomic mass is 10.2. The molecule has 0 amide bonds. The largest absolute Gasteiger partial charge is 0.494 e. The molecule has 0 bridgehead atoms. The van der Waals surface area contributed by atoms with E-state index in [0.29, 0.717) is 39.0 Å². The fourth-order valence-corrected chi connectivity index (χ4v) is 5.17. The minimum absolute atomic E-state index is 0.0958. The van der Waals surface area contributed by atoms with E-state index in [1.165, 1.54) is 27.5 Å². The van der Waals surface area contributed by atoms with E-state index >= 15 is 0 Å². The normalized spacial score (nSPS) is 11.2. The minimum Gasteiger partial charge on any atom is -0.494 e. The molecule has 7 nitrogen and oxygen atoms in total. The summed E-state index contributed by atoms with van der Waals surface area (Å²) in [5, 5.41) is 12.0. The Kier molecular flexibility index (Phi) is 6.17. The van der Waals surface area contributed by atoms with E-state index in [4.69, 9.17) is 16.3 Å². The zero-order chi connectivity index (χ0) is 22.8. The lowest BCUT2D eigenvalue weighted by molar-refractivity contribution is 0.340. The molecule has 0 aliphatic rings. The zero-order valence-electron chi connectivity index (χ0n) is 17.5. The molecule has 5 rings (SSSR count). The molecule has 3 aromatic heterocycles. The fraction of sp³-hybridized carbons (Fsp3) is 0.130. The van der Waals surface area contributed by atoms with Crippen LogP contribution in [0.25, 0.3) is 22.0 Å². The van der Waals surface area contributed by atoms with Gasteiger partial charge in [-0.15, -0.1) is 21.5 Å². The number of fused-ring (bicyclic) bond motifs is 1. The van der Waals surface area contributed by atoms with Crippen molar-refractivity contribution in [2.75, 3.05) is 6.61 Å². The third kappa shape index (κ3) is 4.39. The van der Waals surface area contributed by atoms with Gasteiger partial charge in [0.25, 0.3) is 5.56 Å². The summed E-state index contributed by atoms with van der Waals surface area (Å²) in [5.41, 5.74) is 2.25. The number of thiazole rings is 1. The van der Waals surface area contributed by atoms with Crippen LogP contribution in [-0.2, 0) is 5.75 Å². The molecule has 2 aromatic carbocycles. The van der Waals surface area contributed by atoms with E-state index < -0.39 is 0 Å². The van der Waals surface area contributed by atoms with Crippen LogP contribution in [-0.4, -0.2) is 30.8 Å². The highest BCUT2D eigenvalue weighted by Crippen LogP contribution is 2.33. The van der Waals surface area contributed by atoms with Crippen molar-refractivity contribution in [1.29, 1.82) is 0 Å². The van der Waals surface area contributed by atoms with Crippen molar-refractivity contribution in [3.63, 3.8) is 0 Å². The quantitative estimate of drug-likeness (QED) is 0.283. The second kappa shape index (κ2) is 9.38. The van der Waals surface area contributed by atoms with Crippen LogP contribution in [0.4, 0.5) is 0 Å². The van der Waals surface area contributed by atoms with E-state index in [9.17, 15) is 4.79 Å². The SMILES string of the molecule is CCOc1ccc(-n2c(SCc3cc(=O)n4ccsc4n3)nnc2-c2ccccc2Cl)cc1. The first-order valence-electron chi connectivity index (χ1n) is 10.2. The van der Waals surface area contributed by atoms with E-state index in [2.05, 4.69) is 15.2 Å². The summed E-state index contributed by atoms with van der Waals surface area (Å²) in [7, 11) is 0. The summed E-state index contributed by atoms with van der Waals surface area (Å²) in [5.74, 6) is 1.90. The summed E-state index contributed by atoms with van der Waals surface area (Å²) < 4.78 is 9.08. The second-order valence-electron chi connectivity index (χ2n) is 6.98. The topological polar surface area (TPSA) is 74.3 Å². The van der Waals surface area contributed by atoms with Gasteiger partial charge in [0.2, 0.25) is 0 Å². The minimum atomic E-state index is -0.0958. The van der Waals surface area contributed by atoms with Crippen molar-refractivity contribution in [2.24, 2.45) is 0 Å². The van der Waals surface area contributed by atoms with Gasteiger partial charge in [0.15, 0.2) is 15.9 Å². The van der Waals surface area contributed by atoms with Crippen LogP contribution in [0.5, 0.6) is 5.75 Å². The van der Waals surface area contributed by atoms with Crippen molar-refractivity contribution in [3.05, 3.63) is 87.2 Å². The van der Waals surface area contributed by atoms with Crippen LogP contribution in [0.15, 0.2) is 76.1 Å². The summed E-state index contributed by atoms with van der Waals surface area (Å²) in [6.07, 6.45) is 1.73. The first-order chi connectivity index (χ1) is 16.1.